The Kier molecular flexibility index (Phi) is 4.76. The normalized spacial score (nSPS) is 18.1. The molecule has 3 nitrogen and oxygen atoms in total. The van der Waals surface area contributed by atoms with Gasteiger partial charge >= 0.3 is 0 Å². The molecule has 1 fully saturated rings. The van der Waals surface area contributed by atoms with Crippen LogP contribution in [0.2, 0.25) is 0 Å². The van der Waals surface area contributed by atoms with E-state index in [0.29, 0.717) is 10.4 Å². The van der Waals surface area contributed by atoms with Gasteiger partial charge in [0.2, 0.25) is 0 Å². The van der Waals surface area contributed by atoms with Gasteiger partial charge in [-0.1, -0.05) is 39.1 Å². The van der Waals surface area contributed by atoms with Crippen molar-refractivity contribution in [1.82, 2.24) is 9.88 Å². The lowest BCUT2D eigenvalue weighted by atomic mass is 9.75. The lowest BCUT2D eigenvalue weighted by Gasteiger charge is -2.38. The second kappa shape index (κ2) is 6.19. The van der Waals surface area contributed by atoms with E-state index in [0.717, 1.165) is 36.8 Å². The van der Waals surface area contributed by atoms with E-state index in [2.05, 4.69) is 36.7 Å². The van der Waals surface area contributed by atoms with Crippen LogP contribution in [-0.4, -0.2) is 28.0 Å². The van der Waals surface area contributed by atoms with E-state index in [1.807, 2.05) is 6.07 Å². The number of thiocarbonyl (C=S) groups is 1. The average Bonchev–Trinajstić information content (AvgIpc) is 2.38. The molecule has 1 saturated heterocycles. The third kappa shape index (κ3) is 3.76. The molecule has 20 heavy (non-hydrogen) atoms. The Balaban J connectivity index is 1.98. The third-order valence-electron chi connectivity index (χ3n) is 4.33. The zero-order chi connectivity index (χ0) is 14.8. The second-order valence-corrected chi connectivity index (χ2v) is 7.23. The maximum Gasteiger partial charge on any atom is 0.123 e. The maximum atomic E-state index is 5.75. The van der Waals surface area contributed by atoms with Gasteiger partial charge in [0.15, 0.2) is 0 Å². The number of pyridine rings is 1. The summed E-state index contributed by atoms with van der Waals surface area (Å²) < 4.78 is 0. The Morgan fingerprint density at radius 3 is 2.60 bits per heavy atom. The number of nitrogens with zero attached hydrogens (tertiary/aromatic N) is 2. The van der Waals surface area contributed by atoms with Crippen LogP contribution in [0.3, 0.4) is 0 Å². The first-order chi connectivity index (χ1) is 9.38. The molecule has 0 bridgehead atoms. The molecular weight excluding hydrogens is 266 g/mol. The van der Waals surface area contributed by atoms with Crippen LogP contribution in [0.5, 0.6) is 0 Å². The Labute approximate surface area is 127 Å². The summed E-state index contributed by atoms with van der Waals surface area (Å²) >= 11 is 5.08. The predicted molar refractivity (Wildman–Crippen MR) is 87.6 cm³/mol. The molecule has 0 spiro atoms. The van der Waals surface area contributed by atoms with Gasteiger partial charge < -0.3 is 5.73 Å². The Morgan fingerprint density at radius 2 is 2.05 bits per heavy atom. The minimum Gasteiger partial charge on any atom is -0.388 e. The first kappa shape index (κ1) is 15.4. The molecule has 0 amide bonds. The van der Waals surface area contributed by atoms with Gasteiger partial charge in [-0.2, -0.15) is 0 Å². The number of hydrogen-bond acceptors (Lipinski definition) is 3. The van der Waals surface area contributed by atoms with Gasteiger partial charge in [0.25, 0.3) is 0 Å². The standard InChI is InChI=1S/C16H25N3S/c1-16(2,3)13-6-9-19(10-7-13)11-12-5-4-8-18-14(12)15(17)20/h4-5,8,13H,6-7,9-11H2,1-3H3,(H2,17,20). The van der Waals surface area contributed by atoms with Crippen LogP contribution in [0.1, 0.15) is 44.9 Å². The van der Waals surface area contributed by atoms with Crippen LogP contribution in [0, 0.1) is 11.3 Å². The van der Waals surface area contributed by atoms with Gasteiger partial charge in [-0.05, 0) is 48.9 Å². The van der Waals surface area contributed by atoms with Crippen molar-refractivity contribution in [2.75, 3.05) is 13.1 Å². The molecule has 0 unspecified atom stereocenters. The summed E-state index contributed by atoms with van der Waals surface area (Å²) in [5, 5.41) is 0. The summed E-state index contributed by atoms with van der Waals surface area (Å²) in [7, 11) is 0. The largest absolute Gasteiger partial charge is 0.388 e. The molecule has 110 valence electrons. The smallest absolute Gasteiger partial charge is 0.123 e. The molecule has 2 heterocycles. The highest BCUT2D eigenvalue weighted by Crippen LogP contribution is 2.34. The van der Waals surface area contributed by atoms with Crippen LogP contribution in [0.25, 0.3) is 0 Å². The number of nitrogens with two attached hydrogens (primary N) is 1. The van der Waals surface area contributed by atoms with Crippen molar-refractivity contribution in [1.29, 1.82) is 0 Å². The summed E-state index contributed by atoms with van der Waals surface area (Å²) in [6.07, 6.45) is 4.29. The molecule has 0 saturated carbocycles. The van der Waals surface area contributed by atoms with Crippen LogP contribution < -0.4 is 5.73 Å². The fourth-order valence-corrected chi connectivity index (χ4v) is 3.17. The first-order valence-corrected chi connectivity index (χ1v) is 7.75. The molecule has 0 aliphatic carbocycles. The quantitative estimate of drug-likeness (QED) is 0.869. The van der Waals surface area contributed by atoms with Gasteiger partial charge in [-0.25, -0.2) is 0 Å². The van der Waals surface area contributed by atoms with Crippen molar-refractivity contribution in [2.24, 2.45) is 17.1 Å². The fraction of sp³-hybridized carbons (Fsp3) is 0.625. The van der Waals surface area contributed by atoms with Crippen molar-refractivity contribution >= 4 is 17.2 Å². The highest BCUT2D eigenvalue weighted by atomic mass is 32.1. The monoisotopic (exact) mass is 291 g/mol. The van der Waals surface area contributed by atoms with Crippen LogP contribution in [-0.2, 0) is 6.54 Å². The molecule has 1 aliphatic rings. The summed E-state index contributed by atoms with van der Waals surface area (Å²) in [5.41, 5.74) is 8.10. The SMILES string of the molecule is CC(C)(C)C1CCN(Cc2cccnc2C(N)=S)CC1. The lowest BCUT2D eigenvalue weighted by Crippen LogP contribution is -2.38. The minimum atomic E-state index is 0.394. The Hall–Kier alpha value is -1.00. The van der Waals surface area contributed by atoms with Crippen molar-refractivity contribution in [3.63, 3.8) is 0 Å². The maximum absolute atomic E-state index is 5.75. The minimum absolute atomic E-state index is 0.394. The molecule has 2 N–H and O–H groups in total. The molecule has 2 rings (SSSR count). The van der Waals surface area contributed by atoms with E-state index in [1.165, 1.54) is 12.8 Å². The summed E-state index contributed by atoms with van der Waals surface area (Å²) in [6, 6.07) is 4.04. The molecular formula is C16H25N3S. The van der Waals surface area contributed by atoms with Crippen LogP contribution in [0.15, 0.2) is 18.3 Å². The van der Waals surface area contributed by atoms with E-state index in [1.54, 1.807) is 6.20 Å². The summed E-state index contributed by atoms with van der Waals surface area (Å²) in [6.45, 7) is 10.2. The van der Waals surface area contributed by atoms with Crippen molar-refractivity contribution in [3.05, 3.63) is 29.6 Å². The number of rotatable bonds is 3. The van der Waals surface area contributed by atoms with Crippen molar-refractivity contribution in [3.8, 4) is 0 Å². The Morgan fingerprint density at radius 1 is 1.40 bits per heavy atom. The molecule has 0 atom stereocenters. The first-order valence-electron chi connectivity index (χ1n) is 7.34. The number of hydrogen-bond donors (Lipinski definition) is 1. The van der Waals surface area contributed by atoms with Gasteiger partial charge in [-0.15, -0.1) is 0 Å². The van der Waals surface area contributed by atoms with Gasteiger partial charge in [0, 0.05) is 12.7 Å². The fourth-order valence-electron chi connectivity index (χ4n) is 2.99. The summed E-state index contributed by atoms with van der Waals surface area (Å²) in [5.74, 6) is 0.822. The highest BCUT2D eigenvalue weighted by Gasteiger charge is 2.28. The number of likely N-dealkylation sites (tertiary alicyclic amines) is 1. The second-order valence-electron chi connectivity index (χ2n) is 6.79. The lowest BCUT2D eigenvalue weighted by molar-refractivity contribution is 0.108. The molecule has 0 radical (unpaired) electrons. The number of aromatic nitrogens is 1. The van der Waals surface area contributed by atoms with Gasteiger partial charge in [-0.3, -0.25) is 9.88 Å². The van der Waals surface area contributed by atoms with Crippen LogP contribution in [0.4, 0.5) is 0 Å². The molecule has 1 aromatic rings. The van der Waals surface area contributed by atoms with Crippen LogP contribution >= 0.6 is 12.2 Å². The van der Waals surface area contributed by atoms with E-state index < -0.39 is 0 Å². The molecule has 1 aliphatic heterocycles. The van der Waals surface area contributed by atoms with Gasteiger partial charge in [0.1, 0.15) is 10.7 Å². The predicted octanol–water partition coefficient (Wildman–Crippen LogP) is 2.97. The van der Waals surface area contributed by atoms with E-state index in [-0.39, 0.29) is 0 Å². The zero-order valence-corrected chi connectivity index (χ0v) is 13.5. The highest BCUT2D eigenvalue weighted by molar-refractivity contribution is 7.80. The molecule has 1 aromatic heterocycles. The van der Waals surface area contributed by atoms with Gasteiger partial charge in [0.05, 0.1) is 0 Å². The topological polar surface area (TPSA) is 42.2 Å². The van der Waals surface area contributed by atoms with Crippen molar-refractivity contribution < 1.29 is 0 Å². The molecule has 0 aromatic carbocycles. The zero-order valence-electron chi connectivity index (χ0n) is 12.7. The van der Waals surface area contributed by atoms with E-state index >= 15 is 0 Å². The summed E-state index contributed by atoms with van der Waals surface area (Å²) in [4.78, 5) is 7.19. The molecule has 4 heteroatoms. The van der Waals surface area contributed by atoms with E-state index in [4.69, 9.17) is 18.0 Å². The van der Waals surface area contributed by atoms with E-state index in [9.17, 15) is 0 Å². The Bertz CT molecular complexity index is 471. The van der Waals surface area contributed by atoms with Crippen molar-refractivity contribution in [2.45, 2.75) is 40.2 Å². The average molecular weight is 291 g/mol. The third-order valence-corrected chi connectivity index (χ3v) is 4.52. The number of piperidine rings is 1.